The van der Waals surface area contributed by atoms with Crippen molar-refractivity contribution in [3.63, 3.8) is 0 Å². The van der Waals surface area contributed by atoms with Gasteiger partial charge in [0.15, 0.2) is 5.96 Å². The monoisotopic (exact) mass is 502 g/mol. The van der Waals surface area contributed by atoms with Gasteiger partial charge in [0.25, 0.3) is 0 Å². The summed E-state index contributed by atoms with van der Waals surface area (Å²) in [7, 11) is -1.49. The largest absolute Gasteiger partial charge is 0.378 e. The normalized spacial score (nSPS) is 24.6. The summed E-state index contributed by atoms with van der Waals surface area (Å²) in [4.78, 5) is 4.25. The van der Waals surface area contributed by atoms with Gasteiger partial charge < -0.3 is 15.4 Å². The fourth-order valence-electron chi connectivity index (χ4n) is 4.04. The van der Waals surface area contributed by atoms with Crippen LogP contribution in [0.2, 0.25) is 0 Å². The van der Waals surface area contributed by atoms with E-state index in [4.69, 9.17) is 4.74 Å². The molecule has 0 amide bonds. The number of rotatable bonds is 9. The number of hydrogen-bond acceptors (Lipinski definition) is 4. The van der Waals surface area contributed by atoms with Gasteiger partial charge in [-0.05, 0) is 26.2 Å². The number of nitrogens with zero attached hydrogens (tertiary/aromatic N) is 2. The third kappa shape index (κ3) is 5.02. The molecule has 1 spiro atoms. The molecule has 2 atom stereocenters. The highest BCUT2D eigenvalue weighted by molar-refractivity contribution is 14.0. The van der Waals surface area contributed by atoms with Crippen molar-refractivity contribution >= 4 is 40.0 Å². The van der Waals surface area contributed by atoms with Gasteiger partial charge in [0, 0.05) is 44.7 Å². The molecule has 2 aliphatic rings. The summed E-state index contributed by atoms with van der Waals surface area (Å²) < 4.78 is 31.8. The average Bonchev–Trinajstić information content (AvgIpc) is 2.51. The van der Waals surface area contributed by atoms with Crippen LogP contribution in [0.3, 0.4) is 0 Å². The van der Waals surface area contributed by atoms with Crippen molar-refractivity contribution in [3.8, 4) is 0 Å². The molecule has 2 rings (SSSR count). The lowest BCUT2D eigenvalue weighted by atomic mass is 9.51. The summed E-state index contributed by atoms with van der Waals surface area (Å²) in [6.07, 6.45) is 5.00. The summed E-state index contributed by atoms with van der Waals surface area (Å²) in [5.41, 5.74) is 0.251. The molecule has 0 saturated heterocycles. The quantitative estimate of drug-likeness (QED) is 0.286. The topological polar surface area (TPSA) is 83.0 Å². The second-order valence-electron chi connectivity index (χ2n) is 6.86. The molecule has 2 fully saturated rings. The first-order valence-electron chi connectivity index (χ1n) is 9.50. The maximum atomic E-state index is 12.2. The molecule has 7 nitrogen and oxygen atoms in total. The van der Waals surface area contributed by atoms with Crippen molar-refractivity contribution in [2.75, 3.05) is 39.0 Å². The highest BCUT2D eigenvalue weighted by Gasteiger charge is 2.59. The Hall–Kier alpha value is -0.130. The minimum Gasteiger partial charge on any atom is -0.378 e. The maximum Gasteiger partial charge on any atom is 0.215 e. The molecule has 0 radical (unpaired) electrons. The predicted octanol–water partition coefficient (Wildman–Crippen LogP) is 1.79. The van der Waals surface area contributed by atoms with Gasteiger partial charge in [-0.15, -0.1) is 24.0 Å². The van der Waals surface area contributed by atoms with Gasteiger partial charge in [0.05, 0.1) is 11.9 Å². The Bertz CT molecular complexity index is 562. The van der Waals surface area contributed by atoms with E-state index in [1.807, 2.05) is 20.8 Å². The zero-order chi connectivity index (χ0) is 18.5. The predicted molar refractivity (Wildman–Crippen MR) is 117 cm³/mol. The first-order chi connectivity index (χ1) is 11.9. The molecule has 2 aliphatic carbocycles. The number of hydrogen-bond donors (Lipinski definition) is 2. The number of sulfonamides is 1. The Kier molecular flexibility index (Phi) is 9.59. The zero-order valence-corrected chi connectivity index (χ0v) is 19.6. The number of guanidine groups is 1. The van der Waals surface area contributed by atoms with Crippen LogP contribution in [0.15, 0.2) is 4.99 Å². The van der Waals surface area contributed by atoms with E-state index in [1.54, 1.807) is 7.05 Å². The fraction of sp³-hybridized carbons (Fsp3) is 0.941. The molecule has 0 aromatic rings. The summed E-state index contributed by atoms with van der Waals surface area (Å²) in [5, 5.41) is 6.63. The van der Waals surface area contributed by atoms with Crippen LogP contribution in [0, 0.1) is 5.41 Å². The van der Waals surface area contributed by atoms with E-state index in [1.165, 1.54) is 23.6 Å². The second kappa shape index (κ2) is 10.4. The Morgan fingerprint density at radius 3 is 2.38 bits per heavy atom. The fourth-order valence-corrected chi connectivity index (χ4v) is 5.45. The molecule has 154 valence electrons. The number of halogens is 1. The lowest BCUT2D eigenvalue weighted by Gasteiger charge is -2.61. The standard InChI is InChI=1S/C17H34N4O3S.HI/c1-5-21(6-2)25(22,23)12-11-19-16(18-4)20-14-13-15(24-7-3)17(14)9-8-10-17;/h14-15H,5-13H2,1-4H3,(H2,18,19,20);1H. The molecule has 0 aromatic carbocycles. The molecule has 0 heterocycles. The van der Waals surface area contributed by atoms with E-state index < -0.39 is 10.0 Å². The summed E-state index contributed by atoms with van der Waals surface area (Å²) >= 11 is 0. The summed E-state index contributed by atoms with van der Waals surface area (Å²) in [6.45, 7) is 7.90. The molecule has 0 aromatic heterocycles. The molecule has 9 heteroatoms. The van der Waals surface area contributed by atoms with E-state index in [0.29, 0.717) is 37.7 Å². The van der Waals surface area contributed by atoms with E-state index >= 15 is 0 Å². The molecule has 2 unspecified atom stereocenters. The SMILES string of the molecule is CCOC1CC(NC(=NC)NCCS(=O)(=O)N(CC)CC)C12CCC2.I. The smallest absolute Gasteiger partial charge is 0.215 e. The van der Waals surface area contributed by atoms with Gasteiger partial charge in [-0.3, -0.25) is 4.99 Å². The van der Waals surface area contributed by atoms with Crippen LogP contribution >= 0.6 is 24.0 Å². The van der Waals surface area contributed by atoms with Gasteiger partial charge in [0.2, 0.25) is 10.0 Å². The second-order valence-corrected chi connectivity index (χ2v) is 8.95. The van der Waals surface area contributed by atoms with Crippen LogP contribution in [0.4, 0.5) is 0 Å². The average molecular weight is 502 g/mol. The third-order valence-electron chi connectivity index (χ3n) is 5.72. The van der Waals surface area contributed by atoms with Crippen molar-refractivity contribution in [1.82, 2.24) is 14.9 Å². The Labute approximate surface area is 175 Å². The van der Waals surface area contributed by atoms with Crippen molar-refractivity contribution in [3.05, 3.63) is 0 Å². The maximum absolute atomic E-state index is 12.2. The highest BCUT2D eigenvalue weighted by atomic mass is 127. The van der Waals surface area contributed by atoms with Crippen LogP contribution in [0.5, 0.6) is 0 Å². The van der Waals surface area contributed by atoms with Crippen LogP contribution in [0.1, 0.15) is 46.5 Å². The van der Waals surface area contributed by atoms with E-state index in [-0.39, 0.29) is 35.1 Å². The molecule has 0 bridgehead atoms. The summed E-state index contributed by atoms with van der Waals surface area (Å²) in [5.74, 6) is 0.758. The van der Waals surface area contributed by atoms with E-state index in [2.05, 4.69) is 15.6 Å². The van der Waals surface area contributed by atoms with Crippen LogP contribution in [-0.2, 0) is 14.8 Å². The van der Waals surface area contributed by atoms with Gasteiger partial charge >= 0.3 is 0 Å². The lowest BCUT2D eigenvalue weighted by molar-refractivity contribution is -0.168. The summed E-state index contributed by atoms with van der Waals surface area (Å²) in [6, 6.07) is 0.364. The minimum absolute atomic E-state index is 0. The van der Waals surface area contributed by atoms with Crippen molar-refractivity contribution in [2.24, 2.45) is 10.4 Å². The van der Waals surface area contributed by atoms with Crippen molar-refractivity contribution < 1.29 is 13.2 Å². The van der Waals surface area contributed by atoms with E-state index in [0.717, 1.165) is 13.0 Å². The number of nitrogens with one attached hydrogen (secondary N) is 2. The molecule has 26 heavy (non-hydrogen) atoms. The van der Waals surface area contributed by atoms with Crippen molar-refractivity contribution in [2.45, 2.75) is 58.6 Å². The van der Waals surface area contributed by atoms with Crippen LogP contribution in [-0.4, -0.2) is 69.9 Å². The van der Waals surface area contributed by atoms with Crippen molar-refractivity contribution in [1.29, 1.82) is 0 Å². The molecule has 2 N–H and O–H groups in total. The Morgan fingerprint density at radius 2 is 1.92 bits per heavy atom. The highest BCUT2D eigenvalue weighted by Crippen LogP contribution is 2.57. The van der Waals surface area contributed by atoms with Crippen LogP contribution < -0.4 is 10.6 Å². The van der Waals surface area contributed by atoms with Gasteiger partial charge in [0.1, 0.15) is 0 Å². The minimum atomic E-state index is -3.21. The number of ether oxygens (including phenoxy) is 1. The molecular formula is C17H35IN4O3S. The lowest BCUT2D eigenvalue weighted by Crippen LogP contribution is -2.68. The Morgan fingerprint density at radius 1 is 1.27 bits per heavy atom. The van der Waals surface area contributed by atoms with Gasteiger partial charge in [-0.25, -0.2) is 12.7 Å². The zero-order valence-electron chi connectivity index (χ0n) is 16.5. The molecule has 2 saturated carbocycles. The third-order valence-corrected chi connectivity index (χ3v) is 7.75. The molecule has 0 aliphatic heterocycles. The molecular weight excluding hydrogens is 467 g/mol. The Balaban J connectivity index is 0.00000338. The van der Waals surface area contributed by atoms with Crippen LogP contribution in [0.25, 0.3) is 0 Å². The van der Waals surface area contributed by atoms with Gasteiger partial charge in [-0.2, -0.15) is 0 Å². The first-order valence-corrected chi connectivity index (χ1v) is 11.1. The first kappa shape index (κ1) is 23.9. The van der Waals surface area contributed by atoms with Gasteiger partial charge in [-0.1, -0.05) is 20.3 Å². The van der Waals surface area contributed by atoms with E-state index in [9.17, 15) is 8.42 Å². The number of aliphatic imine (C=N–C) groups is 1.